The first-order chi connectivity index (χ1) is 18.3. The van der Waals surface area contributed by atoms with Gasteiger partial charge in [0.25, 0.3) is 0 Å². The van der Waals surface area contributed by atoms with E-state index in [0.717, 1.165) is 16.6 Å². The van der Waals surface area contributed by atoms with E-state index in [0.29, 0.717) is 52.7 Å². The van der Waals surface area contributed by atoms with Gasteiger partial charge in [0, 0.05) is 49.9 Å². The number of hydrogen-bond donors (Lipinski definition) is 1. The molecule has 10 heteroatoms. The second kappa shape index (κ2) is 10.9. The number of fused-ring (bicyclic) bond motifs is 3. The van der Waals surface area contributed by atoms with Crippen LogP contribution in [-0.4, -0.2) is 33.6 Å². The van der Waals surface area contributed by atoms with Gasteiger partial charge in [0.1, 0.15) is 11.9 Å². The topological polar surface area (TPSA) is 74.0 Å². The van der Waals surface area contributed by atoms with Crippen molar-refractivity contribution in [1.82, 2.24) is 19.8 Å². The fraction of sp³-hybridized carbons (Fsp3) is 0.179. The lowest BCUT2D eigenvalue weighted by Crippen LogP contribution is -2.34. The Morgan fingerprint density at radius 2 is 1.97 bits per heavy atom. The average Bonchev–Trinajstić information content (AvgIpc) is 3.20. The second-order valence-electron chi connectivity index (χ2n) is 8.93. The summed E-state index contributed by atoms with van der Waals surface area (Å²) in [5.41, 5.74) is 3.77. The predicted octanol–water partition coefficient (Wildman–Crippen LogP) is 6.32. The van der Waals surface area contributed by atoms with E-state index in [1.54, 1.807) is 28.8 Å². The standard InChI is InChI=1S/C28H21Cl2F2N5O/c29-22-12-20-21-16-36(8-1-2-17-3-4-19(14-33)24(31)10-17)9-6-25(21)37(26(20)13-23(22)30)28(38)35-15-18-5-7-34-27(32)11-18/h1-5,7,10-13H,6,8-9,15-16H2,(H,35,38)/b2-1+. The fourth-order valence-electron chi connectivity index (χ4n) is 4.67. The summed E-state index contributed by atoms with van der Waals surface area (Å²) in [7, 11) is 0. The van der Waals surface area contributed by atoms with Crippen LogP contribution in [0.15, 0.2) is 54.7 Å². The molecule has 192 valence electrons. The van der Waals surface area contributed by atoms with Crippen LogP contribution in [0, 0.1) is 23.1 Å². The van der Waals surface area contributed by atoms with E-state index < -0.39 is 11.8 Å². The highest BCUT2D eigenvalue weighted by molar-refractivity contribution is 6.42. The molecule has 1 aliphatic rings. The predicted molar refractivity (Wildman–Crippen MR) is 143 cm³/mol. The maximum absolute atomic E-state index is 13.9. The highest BCUT2D eigenvalue weighted by Crippen LogP contribution is 2.36. The molecule has 0 saturated carbocycles. The van der Waals surface area contributed by atoms with Gasteiger partial charge in [-0.3, -0.25) is 9.47 Å². The molecule has 0 atom stereocenters. The monoisotopic (exact) mass is 551 g/mol. The van der Waals surface area contributed by atoms with Crippen LogP contribution in [0.25, 0.3) is 17.0 Å². The number of aromatic nitrogens is 2. The molecule has 6 nitrogen and oxygen atoms in total. The normalized spacial score (nSPS) is 13.6. The highest BCUT2D eigenvalue weighted by Gasteiger charge is 2.27. The summed E-state index contributed by atoms with van der Waals surface area (Å²) in [5, 5.41) is 13.3. The minimum atomic E-state index is -0.611. The summed E-state index contributed by atoms with van der Waals surface area (Å²) >= 11 is 12.7. The summed E-state index contributed by atoms with van der Waals surface area (Å²) in [5.74, 6) is -1.16. The second-order valence-corrected chi connectivity index (χ2v) is 9.74. The lowest BCUT2D eigenvalue weighted by atomic mass is 10.0. The molecule has 0 saturated heterocycles. The van der Waals surface area contributed by atoms with Crippen molar-refractivity contribution < 1.29 is 13.6 Å². The number of hydrogen-bond acceptors (Lipinski definition) is 4. The molecule has 0 bridgehead atoms. The zero-order valence-electron chi connectivity index (χ0n) is 20.0. The first kappa shape index (κ1) is 25.9. The summed E-state index contributed by atoms with van der Waals surface area (Å²) in [6, 6.07) is 12.3. The number of halogens is 4. The van der Waals surface area contributed by atoms with Crippen molar-refractivity contribution in [3.8, 4) is 6.07 Å². The number of rotatable bonds is 5. The van der Waals surface area contributed by atoms with E-state index in [2.05, 4.69) is 15.2 Å². The molecular formula is C28H21Cl2F2N5O. The molecule has 2 aromatic carbocycles. The van der Waals surface area contributed by atoms with Crippen molar-refractivity contribution in [2.45, 2.75) is 19.5 Å². The van der Waals surface area contributed by atoms with Gasteiger partial charge in [0.15, 0.2) is 0 Å². The van der Waals surface area contributed by atoms with E-state index in [9.17, 15) is 13.6 Å². The van der Waals surface area contributed by atoms with Crippen molar-refractivity contribution in [2.24, 2.45) is 0 Å². The Balaban J connectivity index is 1.38. The van der Waals surface area contributed by atoms with Gasteiger partial charge in [-0.1, -0.05) is 41.4 Å². The Kier molecular flexibility index (Phi) is 7.43. The molecule has 1 aliphatic heterocycles. The molecule has 38 heavy (non-hydrogen) atoms. The fourth-order valence-corrected chi connectivity index (χ4v) is 4.99. The van der Waals surface area contributed by atoms with E-state index in [1.165, 1.54) is 24.4 Å². The number of benzene rings is 2. The number of nitriles is 1. The van der Waals surface area contributed by atoms with E-state index in [-0.39, 0.29) is 18.1 Å². The Labute approximate surface area is 227 Å². The molecule has 0 radical (unpaired) electrons. The molecule has 0 unspecified atom stereocenters. The van der Waals surface area contributed by atoms with Crippen LogP contribution < -0.4 is 5.32 Å². The van der Waals surface area contributed by atoms with E-state index >= 15 is 0 Å². The van der Waals surface area contributed by atoms with Gasteiger partial charge in [-0.15, -0.1) is 0 Å². The summed E-state index contributed by atoms with van der Waals surface area (Å²) in [6.45, 7) is 2.02. The van der Waals surface area contributed by atoms with Crippen LogP contribution in [0.2, 0.25) is 10.0 Å². The van der Waals surface area contributed by atoms with Crippen molar-refractivity contribution in [3.05, 3.63) is 104 Å². The molecule has 0 spiro atoms. The molecule has 0 fully saturated rings. The molecule has 4 aromatic rings. The molecule has 1 N–H and O–H groups in total. The molecular weight excluding hydrogens is 531 g/mol. The van der Waals surface area contributed by atoms with Gasteiger partial charge in [0.05, 0.1) is 21.1 Å². The number of nitrogens with zero attached hydrogens (tertiary/aromatic N) is 4. The summed E-state index contributed by atoms with van der Waals surface area (Å²) in [6.07, 6.45) is 5.72. The third-order valence-electron chi connectivity index (χ3n) is 6.49. The highest BCUT2D eigenvalue weighted by atomic mass is 35.5. The van der Waals surface area contributed by atoms with Crippen LogP contribution >= 0.6 is 23.2 Å². The largest absolute Gasteiger partial charge is 0.333 e. The molecule has 3 heterocycles. The van der Waals surface area contributed by atoms with Crippen LogP contribution in [0.5, 0.6) is 0 Å². The van der Waals surface area contributed by atoms with Gasteiger partial charge in [-0.2, -0.15) is 9.65 Å². The first-order valence-corrected chi connectivity index (χ1v) is 12.6. The van der Waals surface area contributed by atoms with Crippen molar-refractivity contribution in [2.75, 3.05) is 13.1 Å². The zero-order chi connectivity index (χ0) is 26.8. The third-order valence-corrected chi connectivity index (χ3v) is 7.22. The van der Waals surface area contributed by atoms with Crippen LogP contribution in [0.3, 0.4) is 0 Å². The van der Waals surface area contributed by atoms with E-state index in [4.69, 9.17) is 28.5 Å². The molecule has 1 amide bonds. The Morgan fingerprint density at radius 3 is 2.74 bits per heavy atom. The molecule has 2 aromatic heterocycles. The lowest BCUT2D eigenvalue weighted by Gasteiger charge is -2.27. The van der Waals surface area contributed by atoms with Gasteiger partial charge < -0.3 is 5.32 Å². The first-order valence-electron chi connectivity index (χ1n) is 11.8. The number of nitrogens with one attached hydrogen (secondary N) is 1. The average molecular weight is 552 g/mol. The number of carbonyl (C=O) groups excluding carboxylic acids is 1. The SMILES string of the molecule is N#Cc1ccc(/C=C/CN2CCc3c(c4cc(Cl)c(Cl)cc4n3C(=O)NCc3ccnc(F)c3)C2)cc1F. The Bertz CT molecular complexity index is 1630. The summed E-state index contributed by atoms with van der Waals surface area (Å²) < 4.78 is 29.0. The van der Waals surface area contributed by atoms with Gasteiger partial charge in [-0.05, 0) is 53.1 Å². The van der Waals surface area contributed by atoms with Crippen LogP contribution in [-0.2, 0) is 19.5 Å². The maximum Gasteiger partial charge on any atom is 0.326 e. The summed E-state index contributed by atoms with van der Waals surface area (Å²) in [4.78, 5) is 19.1. The van der Waals surface area contributed by atoms with Gasteiger partial charge in [-0.25, -0.2) is 14.2 Å². The lowest BCUT2D eigenvalue weighted by molar-refractivity contribution is 0.240. The quantitative estimate of drug-likeness (QED) is 0.294. The number of pyridine rings is 1. The van der Waals surface area contributed by atoms with Gasteiger partial charge in [0.2, 0.25) is 5.95 Å². The van der Waals surface area contributed by atoms with Crippen LogP contribution in [0.1, 0.15) is 27.9 Å². The smallest absolute Gasteiger partial charge is 0.326 e. The minimum absolute atomic E-state index is 0.0119. The molecule has 5 rings (SSSR count). The van der Waals surface area contributed by atoms with Crippen molar-refractivity contribution in [1.29, 1.82) is 5.26 Å². The van der Waals surface area contributed by atoms with Gasteiger partial charge >= 0.3 is 6.03 Å². The number of amides is 1. The zero-order valence-corrected chi connectivity index (χ0v) is 21.5. The maximum atomic E-state index is 13.9. The third kappa shape index (κ3) is 5.27. The minimum Gasteiger partial charge on any atom is -0.333 e. The van der Waals surface area contributed by atoms with Crippen molar-refractivity contribution >= 4 is 46.2 Å². The number of carbonyl (C=O) groups is 1. The molecule has 0 aliphatic carbocycles. The Hall–Kier alpha value is -3.77. The van der Waals surface area contributed by atoms with Crippen molar-refractivity contribution in [3.63, 3.8) is 0 Å². The van der Waals surface area contributed by atoms with E-state index in [1.807, 2.05) is 18.2 Å². The van der Waals surface area contributed by atoms with Crippen LogP contribution in [0.4, 0.5) is 13.6 Å². The Morgan fingerprint density at radius 1 is 1.16 bits per heavy atom.